The quantitative estimate of drug-likeness (QED) is 0.0516. The van der Waals surface area contributed by atoms with E-state index in [1.807, 2.05) is 6.92 Å². The molecule has 2 aromatic carbocycles. The van der Waals surface area contributed by atoms with Gasteiger partial charge in [0.2, 0.25) is 17.9 Å². The second-order valence-electron chi connectivity index (χ2n) is 20.4. The first kappa shape index (κ1) is 55.0. The second-order valence-corrected chi connectivity index (χ2v) is 20.4. The molecule has 4 aliphatic rings. The normalized spacial score (nSPS) is 29.5. The maximum Gasteiger partial charge on any atom is 0.350 e. The van der Waals surface area contributed by atoms with Gasteiger partial charge in [0.1, 0.15) is 43.1 Å². The molecule has 11 atom stereocenters. The lowest BCUT2D eigenvalue weighted by atomic mass is 9.48. The van der Waals surface area contributed by atoms with Crippen LogP contribution in [0.25, 0.3) is 0 Å². The summed E-state index contributed by atoms with van der Waals surface area (Å²) in [6.45, 7) is 11.4. The van der Waals surface area contributed by atoms with Crippen molar-refractivity contribution in [1.29, 1.82) is 0 Å². The number of Topliss-reactive ketones (excluding diaryl/α,β-unsaturated/α-hetero) is 2. The molecule has 388 valence electrons. The number of hydrogen-bond acceptors (Lipinski definition) is 16. The van der Waals surface area contributed by atoms with Crippen LogP contribution in [0.5, 0.6) is 0 Å². The maximum atomic E-state index is 15.1. The molecule has 0 radical (unpaired) electrons. The highest BCUT2D eigenvalue weighted by Crippen LogP contribution is 2.63. The average Bonchev–Trinajstić information content (AvgIpc) is 3.33. The number of amides is 2. The molecule has 6 rings (SSSR count). The van der Waals surface area contributed by atoms with Crippen molar-refractivity contribution in [2.75, 3.05) is 39.6 Å². The first-order chi connectivity index (χ1) is 33.6. The summed E-state index contributed by atoms with van der Waals surface area (Å²) in [6, 6.07) is 15.0. The van der Waals surface area contributed by atoms with Crippen LogP contribution in [0.1, 0.15) is 115 Å². The Hall–Kier alpha value is -5.37. The minimum Gasteiger partial charge on any atom is -0.456 e. The number of fused-ring (bicyclic) bond motifs is 5. The molecule has 18 heteroatoms. The second kappa shape index (κ2) is 23.0. The maximum absolute atomic E-state index is 15.1. The summed E-state index contributed by atoms with van der Waals surface area (Å²) in [6.07, 6.45) is -6.86. The number of ketones is 2. The Balaban J connectivity index is 1.28. The Morgan fingerprint density at radius 3 is 2.11 bits per heavy atom. The molecule has 71 heavy (non-hydrogen) atoms. The molecule has 2 bridgehead atoms. The number of nitrogens with one attached hydrogen (secondary N) is 2. The van der Waals surface area contributed by atoms with Crippen molar-refractivity contribution < 1.29 is 77.3 Å². The first-order valence-corrected chi connectivity index (χ1v) is 24.4. The molecule has 3 fully saturated rings. The van der Waals surface area contributed by atoms with Gasteiger partial charge in [0.15, 0.2) is 11.6 Å². The molecule has 0 aromatic heterocycles. The van der Waals surface area contributed by atoms with E-state index in [1.54, 1.807) is 88.4 Å². The highest BCUT2D eigenvalue weighted by molar-refractivity contribution is 5.93. The summed E-state index contributed by atoms with van der Waals surface area (Å²) in [5.74, 6) is -5.74. The summed E-state index contributed by atoms with van der Waals surface area (Å²) in [7, 11) is 0. The van der Waals surface area contributed by atoms with E-state index < -0.39 is 119 Å². The van der Waals surface area contributed by atoms with Crippen LogP contribution < -0.4 is 10.6 Å². The lowest BCUT2D eigenvalue weighted by molar-refractivity contribution is -0.280. The monoisotopic (exact) mass is 990 g/mol. The van der Waals surface area contributed by atoms with Gasteiger partial charge in [0, 0.05) is 50.2 Å². The lowest BCUT2D eigenvalue weighted by Gasteiger charge is -2.62. The van der Waals surface area contributed by atoms with Crippen LogP contribution >= 0.6 is 0 Å². The van der Waals surface area contributed by atoms with Crippen molar-refractivity contribution in [2.24, 2.45) is 22.2 Å². The van der Waals surface area contributed by atoms with Gasteiger partial charge in [0.25, 0.3) is 0 Å². The van der Waals surface area contributed by atoms with Gasteiger partial charge in [0.05, 0.1) is 36.4 Å². The molecular formula is C53H70N2O16. The number of rotatable bonds is 21. The predicted molar refractivity (Wildman–Crippen MR) is 254 cm³/mol. The van der Waals surface area contributed by atoms with Crippen molar-refractivity contribution in [3.8, 4) is 0 Å². The minimum atomic E-state index is -2.19. The Morgan fingerprint density at radius 2 is 1.49 bits per heavy atom. The molecule has 5 N–H and O–H groups in total. The molecule has 2 aromatic rings. The first-order valence-electron chi connectivity index (χ1n) is 24.4. The van der Waals surface area contributed by atoms with Crippen LogP contribution in [0, 0.1) is 22.2 Å². The van der Waals surface area contributed by atoms with E-state index in [0.29, 0.717) is 25.2 Å². The Morgan fingerprint density at radius 1 is 0.845 bits per heavy atom. The zero-order valence-corrected chi connectivity index (χ0v) is 41.7. The van der Waals surface area contributed by atoms with E-state index in [4.69, 9.17) is 28.4 Å². The molecule has 18 nitrogen and oxygen atoms in total. The van der Waals surface area contributed by atoms with E-state index in [9.17, 15) is 44.1 Å². The molecule has 2 amide bonds. The van der Waals surface area contributed by atoms with Crippen LogP contribution in [0.3, 0.4) is 0 Å². The number of unbranched alkanes of at least 4 members (excludes halogenated alkanes) is 2. The number of aliphatic hydroxyl groups is 3. The SMILES string of the molecule is CC(=O)COCCCCCOCCC(=O)NCC(=O)O[C@@H](C(=O)O[C@H]1C[C@@]2(O)[C@@H](OC(=O)c3ccccc3)CC3C(C)(C(=O)[C@H](O)C(=C1C)C2(C)C)[C@@H](O)CC1OC[C@]13C)[C@@H](NC(C)=O)c1ccccc1. The van der Waals surface area contributed by atoms with E-state index in [0.717, 1.165) is 12.8 Å². The number of ether oxygens (including phenoxy) is 6. The van der Waals surface area contributed by atoms with Crippen LogP contribution in [-0.2, 0) is 57.2 Å². The molecular weight excluding hydrogens is 921 g/mol. The van der Waals surface area contributed by atoms with Gasteiger partial charge in [-0.15, -0.1) is 0 Å². The van der Waals surface area contributed by atoms with Gasteiger partial charge >= 0.3 is 17.9 Å². The van der Waals surface area contributed by atoms with Crippen molar-refractivity contribution in [3.63, 3.8) is 0 Å². The predicted octanol–water partition coefficient (Wildman–Crippen LogP) is 3.82. The van der Waals surface area contributed by atoms with Crippen molar-refractivity contribution in [2.45, 2.75) is 142 Å². The van der Waals surface area contributed by atoms with Gasteiger partial charge < -0.3 is 54.4 Å². The third kappa shape index (κ3) is 11.8. The third-order valence-corrected chi connectivity index (χ3v) is 15.3. The summed E-state index contributed by atoms with van der Waals surface area (Å²) in [5, 5.41) is 42.9. The van der Waals surface area contributed by atoms with Crippen molar-refractivity contribution >= 4 is 41.3 Å². The molecule has 0 spiro atoms. The van der Waals surface area contributed by atoms with Crippen LogP contribution in [0.15, 0.2) is 71.8 Å². The zero-order valence-electron chi connectivity index (χ0n) is 41.7. The Bertz CT molecular complexity index is 2300. The number of carbonyl (C=O) groups excluding carboxylic acids is 7. The van der Waals surface area contributed by atoms with Gasteiger partial charge in [-0.1, -0.05) is 69.3 Å². The van der Waals surface area contributed by atoms with E-state index >= 15 is 4.79 Å². The number of aliphatic hydroxyl groups excluding tert-OH is 2. The summed E-state index contributed by atoms with van der Waals surface area (Å²) >= 11 is 0. The molecule has 2 saturated carbocycles. The molecule has 1 heterocycles. The van der Waals surface area contributed by atoms with Gasteiger partial charge in [-0.2, -0.15) is 0 Å². The summed E-state index contributed by atoms with van der Waals surface area (Å²) in [5.41, 5.74) is -5.44. The highest BCUT2D eigenvalue weighted by atomic mass is 16.6. The standard InChI is InChI=1S/C53H70N2O16/c1-31(56)29-67-23-16-10-15-22-66-24-21-41(59)54-28-42(60)71-46(44(55-33(3)57)34-17-11-8-12-18-34)49(64)69-36-27-53(65)40(70-48(63)35-19-13-9-14-20-35)25-37-51(6)30-68-39(51)26-38(58)52(37,7)47(62)45(61)43(32(36)2)50(53,4)5/h8-9,11-14,17-20,36-40,44-46,58,61,65H,10,15-16,21-30H2,1-7H3,(H,54,59)(H,55,57)/t36-,37?,38-,39?,40-,44-,45+,46+,51-,52?,53+/m0/s1. The van der Waals surface area contributed by atoms with Crippen molar-refractivity contribution in [1.82, 2.24) is 10.6 Å². The molecule has 1 aliphatic heterocycles. The van der Waals surface area contributed by atoms with Crippen LogP contribution in [0.4, 0.5) is 0 Å². The fraction of sp³-hybridized carbons (Fsp3) is 0.604. The average molecular weight is 991 g/mol. The number of hydrogen-bond donors (Lipinski definition) is 5. The molecule has 1 saturated heterocycles. The van der Waals surface area contributed by atoms with E-state index in [2.05, 4.69) is 10.6 Å². The number of esters is 3. The smallest absolute Gasteiger partial charge is 0.350 e. The molecule has 3 aliphatic carbocycles. The molecule has 3 unspecified atom stereocenters. The third-order valence-electron chi connectivity index (χ3n) is 15.3. The Labute approximate surface area is 414 Å². The minimum absolute atomic E-state index is 0.0153. The lowest BCUT2D eigenvalue weighted by Crippen LogP contribution is -2.69. The van der Waals surface area contributed by atoms with Gasteiger partial charge in [-0.3, -0.25) is 24.0 Å². The van der Waals surface area contributed by atoms with Crippen LogP contribution in [-0.4, -0.2) is 138 Å². The fourth-order valence-electron chi connectivity index (χ4n) is 11.1. The van der Waals surface area contributed by atoms with Gasteiger partial charge in [-0.05, 0) is 81.2 Å². The van der Waals surface area contributed by atoms with E-state index in [1.165, 1.54) is 13.8 Å². The summed E-state index contributed by atoms with van der Waals surface area (Å²) < 4.78 is 35.1. The number of benzene rings is 2. The summed E-state index contributed by atoms with van der Waals surface area (Å²) in [4.78, 5) is 94.1. The fourth-order valence-corrected chi connectivity index (χ4v) is 11.1. The van der Waals surface area contributed by atoms with Crippen LogP contribution in [0.2, 0.25) is 0 Å². The number of carbonyl (C=O) groups is 7. The van der Waals surface area contributed by atoms with Gasteiger partial charge in [-0.25, -0.2) is 9.59 Å². The highest BCUT2D eigenvalue weighted by Gasteiger charge is 2.70. The topological polar surface area (TPSA) is 260 Å². The largest absolute Gasteiger partial charge is 0.456 e. The Kier molecular flexibility index (Phi) is 17.8. The zero-order chi connectivity index (χ0) is 51.9. The van der Waals surface area contributed by atoms with Crippen molar-refractivity contribution in [3.05, 3.63) is 82.9 Å². The van der Waals surface area contributed by atoms with E-state index in [-0.39, 0.29) is 61.6 Å².